The summed E-state index contributed by atoms with van der Waals surface area (Å²) in [6, 6.07) is 1.49. The fourth-order valence-corrected chi connectivity index (χ4v) is 1.31. The molecule has 0 spiro atoms. The summed E-state index contributed by atoms with van der Waals surface area (Å²) in [5.41, 5.74) is 0.831. The van der Waals surface area contributed by atoms with Gasteiger partial charge in [-0.25, -0.2) is 9.37 Å². The average molecular weight is 227 g/mol. The molecule has 5 heteroatoms. The first-order chi connectivity index (χ1) is 7.77. The summed E-state index contributed by atoms with van der Waals surface area (Å²) in [6.07, 6.45) is 1.21. The van der Waals surface area contributed by atoms with Crippen LogP contribution in [0.15, 0.2) is 12.3 Å². The topological polar surface area (TPSA) is 46.2 Å². The van der Waals surface area contributed by atoms with Crippen LogP contribution in [0.1, 0.15) is 12.5 Å². The van der Waals surface area contributed by atoms with Gasteiger partial charge < -0.3 is 15.4 Å². The van der Waals surface area contributed by atoms with Crippen molar-refractivity contribution >= 4 is 5.82 Å². The van der Waals surface area contributed by atoms with Crippen LogP contribution in [0.25, 0.3) is 0 Å². The van der Waals surface area contributed by atoms with E-state index < -0.39 is 0 Å². The summed E-state index contributed by atoms with van der Waals surface area (Å²) in [4.78, 5) is 4.02. The van der Waals surface area contributed by atoms with Crippen LogP contribution in [-0.2, 0) is 11.3 Å². The van der Waals surface area contributed by atoms with Crippen LogP contribution in [-0.4, -0.2) is 31.8 Å². The number of nitrogens with zero attached hydrogens (tertiary/aromatic N) is 1. The Balaban J connectivity index is 2.64. The normalized spacial score (nSPS) is 10.4. The number of aromatic nitrogens is 1. The van der Waals surface area contributed by atoms with Gasteiger partial charge in [0.05, 0.1) is 12.8 Å². The standard InChI is InChI=1S/C11H18FN3O/c1-3-13-7-9-6-10(12)8-15-11(9)14-4-5-16-2/h6,8,13H,3-5,7H2,1-2H3,(H,14,15). The number of rotatable bonds is 7. The summed E-state index contributed by atoms with van der Waals surface area (Å²) in [5.74, 6) is 0.393. The highest BCUT2D eigenvalue weighted by atomic mass is 19.1. The third-order valence-corrected chi connectivity index (χ3v) is 2.10. The zero-order chi connectivity index (χ0) is 11.8. The molecule has 0 radical (unpaired) electrons. The second kappa shape index (κ2) is 7.14. The smallest absolute Gasteiger partial charge is 0.141 e. The maximum Gasteiger partial charge on any atom is 0.141 e. The maximum absolute atomic E-state index is 13.0. The van der Waals surface area contributed by atoms with Crippen molar-refractivity contribution in [2.45, 2.75) is 13.5 Å². The van der Waals surface area contributed by atoms with Gasteiger partial charge in [-0.05, 0) is 12.6 Å². The Labute approximate surface area is 95.2 Å². The molecule has 0 amide bonds. The van der Waals surface area contributed by atoms with Gasteiger partial charge >= 0.3 is 0 Å². The molecule has 1 aromatic rings. The second-order valence-corrected chi connectivity index (χ2v) is 3.36. The van der Waals surface area contributed by atoms with Crippen LogP contribution < -0.4 is 10.6 Å². The van der Waals surface area contributed by atoms with Crippen LogP contribution >= 0.6 is 0 Å². The predicted molar refractivity (Wildman–Crippen MR) is 61.9 cm³/mol. The van der Waals surface area contributed by atoms with Crippen LogP contribution in [0.5, 0.6) is 0 Å². The van der Waals surface area contributed by atoms with Crippen molar-refractivity contribution in [1.82, 2.24) is 10.3 Å². The fourth-order valence-electron chi connectivity index (χ4n) is 1.31. The van der Waals surface area contributed by atoms with Crippen molar-refractivity contribution in [2.24, 2.45) is 0 Å². The molecule has 0 atom stereocenters. The number of hydrogen-bond acceptors (Lipinski definition) is 4. The lowest BCUT2D eigenvalue weighted by atomic mass is 10.2. The van der Waals surface area contributed by atoms with Gasteiger partial charge in [-0.2, -0.15) is 0 Å². The molecule has 0 aromatic carbocycles. The van der Waals surface area contributed by atoms with E-state index >= 15 is 0 Å². The number of anilines is 1. The van der Waals surface area contributed by atoms with Gasteiger partial charge in [0.25, 0.3) is 0 Å². The van der Waals surface area contributed by atoms with Gasteiger partial charge in [0, 0.05) is 25.8 Å². The molecule has 2 N–H and O–H groups in total. The Kier molecular flexibility index (Phi) is 5.74. The fraction of sp³-hybridized carbons (Fsp3) is 0.545. The first kappa shape index (κ1) is 12.9. The molecule has 1 rings (SSSR count). The average Bonchev–Trinajstić information content (AvgIpc) is 2.29. The van der Waals surface area contributed by atoms with Gasteiger partial charge in [-0.1, -0.05) is 6.92 Å². The van der Waals surface area contributed by atoms with Crippen molar-refractivity contribution < 1.29 is 9.13 Å². The molecule has 0 fully saturated rings. The molecule has 1 heterocycles. The van der Waals surface area contributed by atoms with E-state index in [0.717, 1.165) is 12.1 Å². The third kappa shape index (κ3) is 4.12. The maximum atomic E-state index is 13.0. The van der Waals surface area contributed by atoms with Crippen molar-refractivity contribution in [3.05, 3.63) is 23.6 Å². The molecule has 0 saturated heterocycles. The monoisotopic (exact) mass is 227 g/mol. The summed E-state index contributed by atoms with van der Waals surface area (Å²) in [5, 5.41) is 6.25. The van der Waals surface area contributed by atoms with Gasteiger partial charge in [0.1, 0.15) is 11.6 Å². The lowest BCUT2D eigenvalue weighted by Crippen LogP contribution is -2.16. The molecule has 1 aromatic heterocycles. The molecule has 0 unspecified atom stereocenters. The molecule has 0 saturated carbocycles. The lowest BCUT2D eigenvalue weighted by molar-refractivity contribution is 0.210. The first-order valence-corrected chi connectivity index (χ1v) is 5.36. The Morgan fingerprint density at radius 3 is 3.00 bits per heavy atom. The summed E-state index contributed by atoms with van der Waals surface area (Å²) in [7, 11) is 1.64. The van der Waals surface area contributed by atoms with E-state index in [1.165, 1.54) is 12.3 Å². The summed E-state index contributed by atoms with van der Waals surface area (Å²) >= 11 is 0. The van der Waals surface area contributed by atoms with Gasteiger partial charge in [0.15, 0.2) is 0 Å². The molecule has 90 valence electrons. The second-order valence-electron chi connectivity index (χ2n) is 3.36. The Bertz CT molecular complexity index is 320. The van der Waals surface area contributed by atoms with Crippen molar-refractivity contribution in [3.63, 3.8) is 0 Å². The minimum atomic E-state index is -0.315. The summed E-state index contributed by atoms with van der Waals surface area (Å²) < 4.78 is 17.9. The third-order valence-electron chi connectivity index (χ3n) is 2.10. The van der Waals surface area contributed by atoms with E-state index in [9.17, 15) is 4.39 Å². The molecule has 4 nitrogen and oxygen atoms in total. The van der Waals surface area contributed by atoms with Gasteiger partial charge in [0.2, 0.25) is 0 Å². The summed E-state index contributed by atoms with van der Waals surface area (Å²) in [6.45, 7) is 4.71. The number of ether oxygens (including phenoxy) is 1. The van der Waals surface area contributed by atoms with E-state index in [4.69, 9.17) is 4.74 Å². The van der Waals surface area contributed by atoms with Crippen molar-refractivity contribution in [3.8, 4) is 0 Å². The van der Waals surface area contributed by atoms with E-state index in [2.05, 4.69) is 15.6 Å². The van der Waals surface area contributed by atoms with E-state index in [0.29, 0.717) is 25.5 Å². The zero-order valence-electron chi connectivity index (χ0n) is 9.72. The SMILES string of the molecule is CCNCc1cc(F)cnc1NCCOC. The van der Waals surface area contributed by atoms with E-state index in [1.807, 2.05) is 6.92 Å². The Hall–Kier alpha value is -1.20. The highest BCUT2D eigenvalue weighted by Gasteiger charge is 2.04. The molecule has 0 aliphatic heterocycles. The molecule has 0 bridgehead atoms. The van der Waals surface area contributed by atoms with E-state index in [1.54, 1.807) is 7.11 Å². The Morgan fingerprint density at radius 2 is 2.31 bits per heavy atom. The van der Waals surface area contributed by atoms with Crippen molar-refractivity contribution in [1.29, 1.82) is 0 Å². The first-order valence-electron chi connectivity index (χ1n) is 5.36. The number of hydrogen-bond donors (Lipinski definition) is 2. The minimum Gasteiger partial charge on any atom is -0.383 e. The largest absolute Gasteiger partial charge is 0.383 e. The quantitative estimate of drug-likeness (QED) is 0.691. The van der Waals surface area contributed by atoms with Crippen LogP contribution in [0.2, 0.25) is 0 Å². The molecular weight excluding hydrogens is 209 g/mol. The molecule has 0 aliphatic rings. The predicted octanol–water partition coefficient (Wildman–Crippen LogP) is 1.39. The lowest BCUT2D eigenvalue weighted by Gasteiger charge is -2.10. The van der Waals surface area contributed by atoms with Crippen molar-refractivity contribution in [2.75, 3.05) is 32.1 Å². The molecule has 16 heavy (non-hydrogen) atoms. The van der Waals surface area contributed by atoms with Gasteiger partial charge in [-0.3, -0.25) is 0 Å². The number of nitrogens with one attached hydrogen (secondary N) is 2. The van der Waals surface area contributed by atoms with Crippen LogP contribution in [0.4, 0.5) is 10.2 Å². The molecular formula is C11H18FN3O. The molecule has 0 aliphatic carbocycles. The van der Waals surface area contributed by atoms with Crippen LogP contribution in [0.3, 0.4) is 0 Å². The zero-order valence-corrected chi connectivity index (χ0v) is 9.72. The number of methoxy groups -OCH3 is 1. The number of pyridine rings is 1. The Morgan fingerprint density at radius 1 is 1.50 bits per heavy atom. The highest BCUT2D eigenvalue weighted by molar-refractivity contribution is 5.43. The van der Waals surface area contributed by atoms with E-state index in [-0.39, 0.29) is 5.82 Å². The number of halogens is 1. The van der Waals surface area contributed by atoms with Crippen LogP contribution in [0, 0.1) is 5.82 Å². The minimum absolute atomic E-state index is 0.315. The van der Waals surface area contributed by atoms with Gasteiger partial charge in [-0.15, -0.1) is 0 Å². The highest BCUT2D eigenvalue weighted by Crippen LogP contribution is 2.12.